The second-order valence-electron chi connectivity index (χ2n) is 5.64. The van der Waals surface area contributed by atoms with Crippen LogP contribution in [0.15, 0.2) is 62.9 Å². The van der Waals surface area contributed by atoms with Crippen LogP contribution in [0, 0.1) is 0 Å². The fourth-order valence-electron chi connectivity index (χ4n) is 2.43. The quantitative estimate of drug-likeness (QED) is 0.426. The summed E-state index contributed by atoms with van der Waals surface area (Å²) in [7, 11) is 1.49. The van der Waals surface area contributed by atoms with Crippen LogP contribution in [0.3, 0.4) is 0 Å². The SMILES string of the molecule is COc1ccccc1C(=O)N/N=C/c1sc(=O)n(Cc2ccc(Br)cc2)c1Cl. The first kappa shape index (κ1) is 20.3. The van der Waals surface area contributed by atoms with Gasteiger partial charge in [-0.05, 0) is 29.8 Å². The van der Waals surface area contributed by atoms with Crippen molar-refractivity contribution in [1.29, 1.82) is 0 Å². The second-order valence-corrected chi connectivity index (χ2v) is 7.90. The van der Waals surface area contributed by atoms with Gasteiger partial charge in [0.25, 0.3) is 5.91 Å². The number of hydrogen-bond acceptors (Lipinski definition) is 5. The van der Waals surface area contributed by atoms with Gasteiger partial charge in [0.05, 0.1) is 30.3 Å². The van der Waals surface area contributed by atoms with Gasteiger partial charge in [0.1, 0.15) is 10.9 Å². The summed E-state index contributed by atoms with van der Waals surface area (Å²) in [6, 6.07) is 14.4. The first-order valence-corrected chi connectivity index (χ1v) is 10.1. The predicted octanol–water partition coefficient (Wildman–Crippen LogP) is 4.15. The standard InChI is InChI=1S/C19H15BrClN3O3S/c1-27-15-5-3-2-4-14(15)18(25)23-22-10-16-17(21)24(19(26)28-16)11-12-6-8-13(20)9-7-12/h2-10H,11H2,1H3,(H,23,25)/b22-10+. The molecule has 9 heteroatoms. The molecule has 1 aromatic heterocycles. The summed E-state index contributed by atoms with van der Waals surface area (Å²) >= 11 is 10.7. The molecule has 0 spiro atoms. The van der Waals surface area contributed by atoms with Crippen molar-refractivity contribution in [3.05, 3.63) is 83.8 Å². The first-order valence-electron chi connectivity index (χ1n) is 8.09. The zero-order chi connectivity index (χ0) is 20.1. The van der Waals surface area contributed by atoms with E-state index in [9.17, 15) is 9.59 Å². The summed E-state index contributed by atoms with van der Waals surface area (Å²) < 4.78 is 7.57. The molecular formula is C19H15BrClN3O3S. The number of thiazole rings is 1. The molecule has 0 saturated heterocycles. The van der Waals surface area contributed by atoms with Crippen LogP contribution in [0.25, 0.3) is 0 Å². The van der Waals surface area contributed by atoms with Gasteiger partial charge in [0.15, 0.2) is 0 Å². The van der Waals surface area contributed by atoms with Crippen LogP contribution in [0.4, 0.5) is 0 Å². The number of hydrogen-bond donors (Lipinski definition) is 1. The highest BCUT2D eigenvalue weighted by molar-refractivity contribution is 9.10. The number of rotatable bonds is 6. The lowest BCUT2D eigenvalue weighted by Crippen LogP contribution is -2.18. The maximum absolute atomic E-state index is 12.3. The lowest BCUT2D eigenvalue weighted by Gasteiger charge is -2.06. The molecule has 0 aliphatic rings. The monoisotopic (exact) mass is 479 g/mol. The summed E-state index contributed by atoms with van der Waals surface area (Å²) in [4.78, 5) is 24.8. The van der Waals surface area contributed by atoms with Crippen LogP contribution in [-0.2, 0) is 6.54 Å². The zero-order valence-corrected chi connectivity index (χ0v) is 17.8. The summed E-state index contributed by atoms with van der Waals surface area (Å²) in [5.74, 6) is 0.0185. The Hall–Kier alpha value is -2.42. The molecule has 0 unspecified atom stereocenters. The van der Waals surface area contributed by atoms with E-state index in [0.717, 1.165) is 21.4 Å². The van der Waals surface area contributed by atoms with Crippen LogP contribution < -0.4 is 15.0 Å². The number of nitrogens with one attached hydrogen (secondary N) is 1. The van der Waals surface area contributed by atoms with Crippen LogP contribution in [0.5, 0.6) is 5.75 Å². The Labute approximate surface area is 178 Å². The van der Waals surface area contributed by atoms with Crippen molar-refractivity contribution >= 4 is 51.0 Å². The van der Waals surface area contributed by atoms with Crippen LogP contribution in [0.2, 0.25) is 5.15 Å². The Morgan fingerprint density at radius 1 is 1.29 bits per heavy atom. The molecule has 1 amide bonds. The molecule has 0 atom stereocenters. The number of benzene rings is 2. The van der Waals surface area contributed by atoms with Gasteiger partial charge in [-0.15, -0.1) is 0 Å². The minimum atomic E-state index is -0.425. The molecular weight excluding hydrogens is 466 g/mol. The first-order chi connectivity index (χ1) is 13.5. The smallest absolute Gasteiger partial charge is 0.309 e. The molecule has 0 radical (unpaired) electrons. The van der Waals surface area contributed by atoms with Crippen molar-refractivity contribution in [2.24, 2.45) is 5.10 Å². The molecule has 0 fully saturated rings. The Bertz CT molecular complexity index is 1080. The number of ether oxygens (including phenoxy) is 1. The predicted molar refractivity (Wildman–Crippen MR) is 115 cm³/mol. The van der Waals surface area contributed by atoms with Gasteiger partial charge in [-0.1, -0.05) is 63.1 Å². The Morgan fingerprint density at radius 2 is 2.00 bits per heavy atom. The van der Waals surface area contributed by atoms with E-state index in [1.165, 1.54) is 17.9 Å². The second kappa shape index (κ2) is 9.18. The third-order valence-electron chi connectivity index (χ3n) is 3.81. The number of nitrogens with zero attached hydrogens (tertiary/aromatic N) is 2. The maximum atomic E-state index is 12.3. The third-order valence-corrected chi connectivity index (χ3v) is 5.77. The van der Waals surface area contributed by atoms with E-state index in [4.69, 9.17) is 16.3 Å². The Morgan fingerprint density at radius 3 is 2.71 bits per heavy atom. The van der Waals surface area contributed by atoms with Crippen molar-refractivity contribution in [3.63, 3.8) is 0 Å². The summed E-state index contributed by atoms with van der Waals surface area (Å²) in [5.41, 5.74) is 3.71. The molecule has 1 heterocycles. The average molecular weight is 481 g/mol. The Kier molecular flexibility index (Phi) is 6.66. The van der Waals surface area contributed by atoms with Crippen LogP contribution >= 0.6 is 38.9 Å². The zero-order valence-electron chi connectivity index (χ0n) is 14.7. The lowest BCUT2D eigenvalue weighted by molar-refractivity contribution is 0.0952. The number of carbonyl (C=O) groups is 1. The van der Waals surface area contributed by atoms with Crippen molar-refractivity contribution < 1.29 is 9.53 Å². The van der Waals surface area contributed by atoms with E-state index in [1.54, 1.807) is 24.3 Å². The summed E-state index contributed by atoms with van der Waals surface area (Å²) in [6.07, 6.45) is 1.36. The molecule has 0 saturated carbocycles. The molecule has 28 heavy (non-hydrogen) atoms. The molecule has 0 aliphatic heterocycles. The topological polar surface area (TPSA) is 72.7 Å². The molecule has 1 N–H and O–H groups in total. The Balaban J connectivity index is 1.73. The highest BCUT2D eigenvalue weighted by Gasteiger charge is 2.13. The number of amides is 1. The van der Waals surface area contributed by atoms with E-state index in [1.807, 2.05) is 24.3 Å². The molecule has 3 rings (SSSR count). The van der Waals surface area contributed by atoms with E-state index < -0.39 is 5.91 Å². The van der Waals surface area contributed by atoms with E-state index in [-0.39, 0.29) is 10.0 Å². The molecule has 2 aromatic carbocycles. The minimum Gasteiger partial charge on any atom is -0.496 e. The van der Waals surface area contributed by atoms with Crippen molar-refractivity contribution in [2.75, 3.05) is 7.11 Å². The van der Waals surface area contributed by atoms with Gasteiger partial charge < -0.3 is 4.74 Å². The van der Waals surface area contributed by atoms with Gasteiger partial charge >= 0.3 is 4.87 Å². The van der Waals surface area contributed by atoms with Crippen LogP contribution in [0.1, 0.15) is 20.8 Å². The van der Waals surface area contributed by atoms with E-state index >= 15 is 0 Å². The van der Waals surface area contributed by atoms with Gasteiger partial charge in [0, 0.05) is 4.47 Å². The lowest BCUT2D eigenvalue weighted by atomic mass is 10.2. The van der Waals surface area contributed by atoms with Gasteiger partial charge in [0.2, 0.25) is 0 Å². The number of aromatic nitrogens is 1. The number of methoxy groups -OCH3 is 1. The normalized spacial score (nSPS) is 11.0. The molecule has 3 aromatic rings. The average Bonchev–Trinajstić information content (AvgIpc) is 2.97. The van der Waals surface area contributed by atoms with E-state index in [0.29, 0.717) is 22.7 Å². The number of carbonyl (C=O) groups excluding carboxylic acids is 1. The molecule has 0 bridgehead atoms. The number of para-hydroxylation sites is 1. The van der Waals surface area contributed by atoms with Crippen molar-refractivity contribution in [1.82, 2.24) is 9.99 Å². The van der Waals surface area contributed by atoms with Gasteiger partial charge in [-0.2, -0.15) is 5.10 Å². The fourth-order valence-corrected chi connectivity index (χ4v) is 3.80. The minimum absolute atomic E-state index is 0.203. The molecule has 0 aliphatic carbocycles. The third kappa shape index (κ3) is 4.70. The highest BCUT2D eigenvalue weighted by atomic mass is 79.9. The van der Waals surface area contributed by atoms with E-state index in [2.05, 4.69) is 26.5 Å². The van der Waals surface area contributed by atoms with Gasteiger partial charge in [-0.25, -0.2) is 5.43 Å². The number of halogens is 2. The van der Waals surface area contributed by atoms with Crippen molar-refractivity contribution in [3.8, 4) is 5.75 Å². The molecule has 6 nitrogen and oxygen atoms in total. The number of hydrazone groups is 1. The molecule has 144 valence electrons. The summed E-state index contributed by atoms with van der Waals surface area (Å²) in [6.45, 7) is 0.350. The highest BCUT2D eigenvalue weighted by Crippen LogP contribution is 2.20. The maximum Gasteiger partial charge on any atom is 0.309 e. The van der Waals surface area contributed by atoms with Crippen LogP contribution in [-0.4, -0.2) is 23.8 Å². The largest absolute Gasteiger partial charge is 0.496 e. The summed E-state index contributed by atoms with van der Waals surface area (Å²) in [5, 5.41) is 4.19. The fraction of sp³-hybridized carbons (Fsp3) is 0.105. The van der Waals surface area contributed by atoms with Crippen molar-refractivity contribution in [2.45, 2.75) is 6.54 Å². The van der Waals surface area contributed by atoms with Gasteiger partial charge in [-0.3, -0.25) is 14.2 Å².